The summed E-state index contributed by atoms with van der Waals surface area (Å²) in [7, 11) is 0. The third-order valence-corrected chi connectivity index (χ3v) is 13.3. The topological polar surface area (TPSA) is 78.9 Å². The molecule has 0 rings (SSSR count). The Bertz CT molecular complexity index is 1730. The minimum atomic E-state index is -0.820. The molecule has 0 aromatic heterocycles. The van der Waals surface area contributed by atoms with Gasteiger partial charge in [-0.1, -0.05) is 282 Å². The van der Waals surface area contributed by atoms with Crippen LogP contribution in [0.2, 0.25) is 0 Å². The number of allylic oxidation sites excluding steroid dienone is 24. The van der Waals surface area contributed by atoms with Gasteiger partial charge in [0, 0.05) is 19.3 Å². The van der Waals surface area contributed by atoms with Gasteiger partial charge in [0.15, 0.2) is 6.10 Å². The third-order valence-electron chi connectivity index (χ3n) is 13.3. The Labute approximate surface area is 487 Å². The van der Waals surface area contributed by atoms with Crippen LogP contribution in [0.15, 0.2) is 146 Å². The molecule has 0 spiro atoms. The molecule has 0 saturated carbocycles. The minimum Gasteiger partial charge on any atom is -0.462 e. The highest BCUT2D eigenvalue weighted by Gasteiger charge is 2.19. The van der Waals surface area contributed by atoms with E-state index in [2.05, 4.69) is 161 Å². The normalized spacial score (nSPS) is 13.1. The summed E-state index contributed by atoms with van der Waals surface area (Å²) in [6.07, 6.45) is 94.5. The van der Waals surface area contributed by atoms with Crippen molar-refractivity contribution in [3.05, 3.63) is 146 Å². The maximum absolute atomic E-state index is 12.9. The molecule has 1 atom stereocenters. The van der Waals surface area contributed by atoms with E-state index in [1.807, 2.05) is 6.08 Å². The summed E-state index contributed by atoms with van der Waals surface area (Å²) in [5, 5.41) is 0. The molecule has 0 aromatic rings. The van der Waals surface area contributed by atoms with Gasteiger partial charge >= 0.3 is 17.9 Å². The lowest BCUT2D eigenvalue weighted by Gasteiger charge is -2.18. The molecule has 0 bridgehead atoms. The smallest absolute Gasteiger partial charge is 0.306 e. The molecule has 0 aromatic carbocycles. The van der Waals surface area contributed by atoms with Gasteiger partial charge in [0.05, 0.1) is 0 Å². The second-order valence-corrected chi connectivity index (χ2v) is 20.9. The average Bonchev–Trinajstić information content (AvgIpc) is 3.45. The van der Waals surface area contributed by atoms with Gasteiger partial charge in [-0.25, -0.2) is 0 Å². The lowest BCUT2D eigenvalue weighted by Crippen LogP contribution is -2.30. The molecule has 79 heavy (non-hydrogen) atoms. The molecule has 446 valence electrons. The van der Waals surface area contributed by atoms with Gasteiger partial charge in [-0.2, -0.15) is 0 Å². The molecule has 0 saturated heterocycles. The van der Waals surface area contributed by atoms with Gasteiger partial charge in [-0.05, 0) is 122 Å². The first-order chi connectivity index (χ1) is 39.0. The van der Waals surface area contributed by atoms with Crippen molar-refractivity contribution in [3.63, 3.8) is 0 Å². The fraction of sp³-hybridized carbons (Fsp3) is 0.630. The molecule has 0 aliphatic heterocycles. The number of ether oxygens (including phenoxy) is 3. The molecule has 0 N–H and O–H groups in total. The Morgan fingerprint density at radius 3 is 0.785 bits per heavy atom. The Kier molecular flexibility index (Phi) is 61.9. The van der Waals surface area contributed by atoms with E-state index in [4.69, 9.17) is 14.2 Å². The maximum Gasteiger partial charge on any atom is 0.306 e. The van der Waals surface area contributed by atoms with Crippen LogP contribution in [0.25, 0.3) is 0 Å². The van der Waals surface area contributed by atoms with Crippen LogP contribution in [0.1, 0.15) is 278 Å². The zero-order valence-electron chi connectivity index (χ0n) is 51.1. The van der Waals surface area contributed by atoms with Crippen LogP contribution in [0.4, 0.5) is 0 Å². The Hall–Kier alpha value is -4.71. The van der Waals surface area contributed by atoms with E-state index in [0.717, 1.165) is 128 Å². The van der Waals surface area contributed by atoms with Crippen LogP contribution in [0, 0.1) is 0 Å². The summed E-state index contributed by atoms with van der Waals surface area (Å²) >= 11 is 0. The summed E-state index contributed by atoms with van der Waals surface area (Å²) in [5.74, 6) is -1.01. The lowest BCUT2D eigenvalue weighted by atomic mass is 10.0. The van der Waals surface area contributed by atoms with E-state index in [0.29, 0.717) is 19.3 Å². The van der Waals surface area contributed by atoms with Gasteiger partial charge in [-0.3, -0.25) is 14.4 Å². The number of esters is 3. The number of carbonyl (C=O) groups excluding carboxylic acids is 3. The first kappa shape index (κ1) is 74.3. The second kappa shape index (κ2) is 65.8. The van der Waals surface area contributed by atoms with Gasteiger partial charge in [0.25, 0.3) is 0 Å². The fourth-order valence-corrected chi connectivity index (χ4v) is 8.62. The van der Waals surface area contributed by atoms with Crippen molar-refractivity contribution in [1.82, 2.24) is 0 Å². The zero-order valence-corrected chi connectivity index (χ0v) is 51.1. The van der Waals surface area contributed by atoms with E-state index in [1.54, 1.807) is 0 Å². The number of hydrogen-bond acceptors (Lipinski definition) is 6. The molecule has 0 heterocycles. The molecule has 0 fully saturated rings. The average molecular weight is 1090 g/mol. The van der Waals surface area contributed by atoms with Crippen LogP contribution in [0.3, 0.4) is 0 Å². The number of rotatable bonds is 57. The van der Waals surface area contributed by atoms with E-state index in [-0.39, 0.29) is 37.5 Å². The van der Waals surface area contributed by atoms with Crippen LogP contribution in [-0.4, -0.2) is 37.2 Å². The molecular formula is C73H118O6. The van der Waals surface area contributed by atoms with Crippen molar-refractivity contribution >= 4 is 17.9 Å². The van der Waals surface area contributed by atoms with Gasteiger partial charge in [0.1, 0.15) is 13.2 Å². The molecule has 1 unspecified atom stereocenters. The minimum absolute atomic E-state index is 0.109. The molecule has 6 nitrogen and oxygen atoms in total. The van der Waals surface area contributed by atoms with E-state index in [9.17, 15) is 14.4 Å². The van der Waals surface area contributed by atoms with Crippen LogP contribution >= 0.6 is 0 Å². The highest BCUT2D eigenvalue weighted by atomic mass is 16.6. The van der Waals surface area contributed by atoms with Crippen molar-refractivity contribution in [2.45, 2.75) is 284 Å². The van der Waals surface area contributed by atoms with Crippen molar-refractivity contribution in [3.8, 4) is 0 Å². The summed E-state index contributed by atoms with van der Waals surface area (Å²) < 4.78 is 16.8. The SMILES string of the molecule is CC/C=C\C/C=C\C/C=C\C/C=C\CCCCCCCCCCCCCCCCCCC(=O)OCC(COC(=O)CC/C=C\C/C=C\C/C=C\C/C=C\CC)OC(=O)CCCCCCCC/C=C\C/C=C\C/C=C\C/C=C\CC. The first-order valence-electron chi connectivity index (χ1n) is 32.3. The zero-order chi connectivity index (χ0) is 57.1. The van der Waals surface area contributed by atoms with Crippen molar-refractivity contribution < 1.29 is 28.6 Å². The maximum atomic E-state index is 12.9. The molecule has 0 aliphatic carbocycles. The Morgan fingerprint density at radius 2 is 0.481 bits per heavy atom. The molecule has 0 amide bonds. The summed E-state index contributed by atoms with van der Waals surface area (Å²) in [6, 6.07) is 0. The predicted octanol–water partition coefficient (Wildman–Crippen LogP) is 22.3. The standard InChI is InChI=1S/C73H118O6/c1-4-7-10-13-16-19-22-25-27-29-31-32-33-34-35-36-37-38-39-40-42-43-45-48-51-54-57-60-63-66-72(75)78-69-70(68-77-71(74)65-62-59-56-53-50-47-24-21-18-15-12-9-6-3)79-73(76)67-64-61-58-55-52-49-46-44-41-30-28-26-23-20-17-14-11-8-5-2/h7-12,16-21,25-28,31-32,41,44,47,50,56,59,70H,4-6,13-15,22-24,29-30,33-40,42-43,45-46,48-49,51-55,57-58,60-69H2,1-3H3/b10-7-,11-8-,12-9-,19-16-,20-17-,21-18-,27-25-,28-26-,32-31-,44-41-,50-47-,59-56-. The molecule has 6 heteroatoms. The largest absolute Gasteiger partial charge is 0.462 e. The highest BCUT2D eigenvalue weighted by Crippen LogP contribution is 2.16. The predicted molar refractivity (Wildman–Crippen MR) is 343 cm³/mol. The van der Waals surface area contributed by atoms with E-state index >= 15 is 0 Å². The van der Waals surface area contributed by atoms with Gasteiger partial charge in [0.2, 0.25) is 0 Å². The van der Waals surface area contributed by atoms with E-state index < -0.39 is 6.10 Å². The van der Waals surface area contributed by atoms with Crippen LogP contribution in [-0.2, 0) is 28.6 Å². The summed E-state index contributed by atoms with van der Waals surface area (Å²) in [4.78, 5) is 38.3. The highest BCUT2D eigenvalue weighted by molar-refractivity contribution is 5.71. The molecular weight excluding hydrogens is 973 g/mol. The fourth-order valence-electron chi connectivity index (χ4n) is 8.62. The first-order valence-corrected chi connectivity index (χ1v) is 32.3. The molecule has 0 radical (unpaired) electrons. The number of hydrogen-bond donors (Lipinski definition) is 0. The lowest BCUT2D eigenvalue weighted by molar-refractivity contribution is -0.166. The Balaban J connectivity index is 4.32. The van der Waals surface area contributed by atoms with Gasteiger partial charge in [-0.15, -0.1) is 0 Å². The Morgan fingerprint density at radius 1 is 0.253 bits per heavy atom. The second-order valence-electron chi connectivity index (χ2n) is 20.9. The summed E-state index contributed by atoms with van der Waals surface area (Å²) in [5.41, 5.74) is 0. The van der Waals surface area contributed by atoms with Crippen molar-refractivity contribution in [2.75, 3.05) is 13.2 Å². The van der Waals surface area contributed by atoms with E-state index in [1.165, 1.54) is 103 Å². The van der Waals surface area contributed by atoms with Crippen molar-refractivity contribution in [2.24, 2.45) is 0 Å². The quantitative estimate of drug-likeness (QED) is 0.0261. The van der Waals surface area contributed by atoms with Gasteiger partial charge < -0.3 is 14.2 Å². The monoisotopic (exact) mass is 1090 g/mol. The van der Waals surface area contributed by atoms with Crippen LogP contribution in [0.5, 0.6) is 0 Å². The van der Waals surface area contributed by atoms with Crippen molar-refractivity contribution in [1.29, 1.82) is 0 Å². The van der Waals surface area contributed by atoms with Crippen LogP contribution < -0.4 is 0 Å². The number of carbonyl (C=O) groups is 3. The third kappa shape index (κ3) is 64.0. The summed E-state index contributed by atoms with van der Waals surface area (Å²) in [6.45, 7) is 6.23. The molecule has 0 aliphatic rings. The number of unbranched alkanes of at least 4 members (excludes halogenated alkanes) is 22.